The molecule has 1 aromatic carbocycles. The van der Waals surface area contributed by atoms with Crippen molar-refractivity contribution in [2.75, 3.05) is 0 Å². The Balaban J connectivity index is 2.43. The van der Waals surface area contributed by atoms with E-state index >= 15 is 0 Å². The van der Waals surface area contributed by atoms with Crippen LogP contribution in [-0.2, 0) is 11.3 Å². The standard InChI is InChI=1S/C18H24ClN3O2S/c1-6-9-22-16(24)13-8-7-12(19)10-14(13)20-17(22)25-11(2)15(23)21-18(3,4)5/h7-8,10-11H,6,9H2,1-5H3,(H,21,23)/t11-/m0/s1. The SMILES string of the molecule is CCCn1c(S[C@@H](C)C(=O)NC(C)(C)C)nc2cc(Cl)ccc2c1=O. The van der Waals surface area contributed by atoms with Gasteiger partial charge in [0, 0.05) is 17.1 Å². The van der Waals surface area contributed by atoms with Crippen LogP contribution < -0.4 is 10.9 Å². The van der Waals surface area contributed by atoms with Gasteiger partial charge >= 0.3 is 0 Å². The normalized spacial score (nSPS) is 13.0. The largest absolute Gasteiger partial charge is 0.351 e. The second-order valence-corrected chi connectivity index (χ2v) is 8.76. The number of nitrogens with zero attached hydrogens (tertiary/aromatic N) is 2. The van der Waals surface area contributed by atoms with Crippen LogP contribution in [0.25, 0.3) is 10.9 Å². The smallest absolute Gasteiger partial charge is 0.262 e. The summed E-state index contributed by atoms with van der Waals surface area (Å²) >= 11 is 7.32. The summed E-state index contributed by atoms with van der Waals surface area (Å²) in [6.07, 6.45) is 0.802. The Kier molecular flexibility index (Phi) is 6.16. The van der Waals surface area contributed by atoms with Gasteiger partial charge in [0.15, 0.2) is 5.16 Å². The summed E-state index contributed by atoms with van der Waals surface area (Å²) in [5.74, 6) is -0.0824. The van der Waals surface area contributed by atoms with Gasteiger partial charge in [0.2, 0.25) is 5.91 Å². The maximum absolute atomic E-state index is 12.8. The first-order chi connectivity index (χ1) is 11.6. The predicted molar refractivity (Wildman–Crippen MR) is 105 cm³/mol. The van der Waals surface area contributed by atoms with Crippen molar-refractivity contribution in [2.45, 2.75) is 63.5 Å². The lowest BCUT2D eigenvalue weighted by molar-refractivity contribution is -0.121. The number of nitrogens with one attached hydrogen (secondary N) is 1. The van der Waals surface area contributed by atoms with Crippen LogP contribution in [0.3, 0.4) is 0 Å². The third-order valence-corrected chi connectivity index (χ3v) is 4.80. The van der Waals surface area contributed by atoms with Crippen LogP contribution >= 0.6 is 23.4 Å². The van der Waals surface area contributed by atoms with E-state index in [-0.39, 0.29) is 22.3 Å². The number of benzene rings is 1. The van der Waals surface area contributed by atoms with Gasteiger partial charge in [-0.05, 0) is 52.3 Å². The summed E-state index contributed by atoms with van der Waals surface area (Å²) in [5, 5.41) is 4.19. The van der Waals surface area contributed by atoms with Gasteiger partial charge < -0.3 is 5.32 Å². The molecule has 0 saturated carbocycles. The molecule has 0 aliphatic carbocycles. The highest BCUT2D eigenvalue weighted by Crippen LogP contribution is 2.24. The first kappa shape index (κ1) is 19.8. The molecular weight excluding hydrogens is 358 g/mol. The van der Waals surface area contributed by atoms with Gasteiger partial charge in [-0.2, -0.15) is 0 Å². The highest BCUT2D eigenvalue weighted by atomic mass is 35.5. The van der Waals surface area contributed by atoms with Gasteiger partial charge in [0.05, 0.1) is 16.2 Å². The topological polar surface area (TPSA) is 64.0 Å². The fourth-order valence-electron chi connectivity index (χ4n) is 2.37. The second kappa shape index (κ2) is 7.79. The molecule has 0 fully saturated rings. The molecule has 0 saturated heterocycles. The van der Waals surface area contributed by atoms with Crippen LogP contribution in [0.4, 0.5) is 0 Å². The molecule has 1 atom stereocenters. The number of halogens is 1. The molecule has 1 aromatic heterocycles. The van der Waals surface area contributed by atoms with Gasteiger partial charge in [0.1, 0.15) is 0 Å². The summed E-state index contributed by atoms with van der Waals surface area (Å²) in [6.45, 7) is 10.2. The first-order valence-corrected chi connectivity index (χ1v) is 9.57. The molecule has 1 amide bonds. The van der Waals surface area contributed by atoms with Gasteiger partial charge in [-0.15, -0.1) is 0 Å². The monoisotopic (exact) mass is 381 g/mol. The highest BCUT2D eigenvalue weighted by Gasteiger charge is 2.22. The minimum Gasteiger partial charge on any atom is -0.351 e. The molecule has 2 rings (SSSR count). The molecule has 1 heterocycles. The average molecular weight is 382 g/mol. The summed E-state index contributed by atoms with van der Waals surface area (Å²) in [5.41, 5.74) is 0.143. The van der Waals surface area contributed by atoms with E-state index in [9.17, 15) is 9.59 Å². The zero-order chi connectivity index (χ0) is 18.8. The Morgan fingerprint density at radius 2 is 2.08 bits per heavy atom. The van der Waals surface area contributed by atoms with Crippen molar-refractivity contribution >= 4 is 40.2 Å². The number of hydrogen-bond donors (Lipinski definition) is 1. The summed E-state index contributed by atoms with van der Waals surface area (Å²) in [4.78, 5) is 29.8. The van der Waals surface area contributed by atoms with Crippen LogP contribution in [0.1, 0.15) is 41.0 Å². The Labute approximate surface area is 157 Å². The van der Waals surface area contributed by atoms with Crippen molar-refractivity contribution in [1.29, 1.82) is 0 Å². The highest BCUT2D eigenvalue weighted by molar-refractivity contribution is 8.00. The maximum Gasteiger partial charge on any atom is 0.262 e. The molecule has 2 aromatic rings. The summed E-state index contributed by atoms with van der Waals surface area (Å²) in [6, 6.07) is 5.07. The third-order valence-electron chi connectivity index (χ3n) is 3.48. The molecule has 1 N–H and O–H groups in total. The number of hydrogen-bond acceptors (Lipinski definition) is 4. The Bertz CT molecular complexity index is 843. The molecule has 25 heavy (non-hydrogen) atoms. The Morgan fingerprint density at radius 3 is 2.68 bits per heavy atom. The predicted octanol–water partition coefficient (Wildman–Crippen LogP) is 3.86. The van der Waals surface area contributed by atoms with Gasteiger partial charge in [-0.25, -0.2) is 4.98 Å². The van der Waals surface area contributed by atoms with E-state index in [4.69, 9.17) is 11.6 Å². The lowest BCUT2D eigenvalue weighted by Crippen LogP contribution is -2.44. The van der Waals surface area contributed by atoms with Crippen molar-refractivity contribution in [2.24, 2.45) is 0 Å². The Hall–Kier alpha value is -1.53. The van der Waals surface area contributed by atoms with Crippen LogP contribution in [-0.4, -0.2) is 26.2 Å². The van der Waals surface area contributed by atoms with Crippen molar-refractivity contribution in [3.05, 3.63) is 33.6 Å². The molecule has 0 bridgehead atoms. The van der Waals surface area contributed by atoms with E-state index in [0.29, 0.717) is 27.6 Å². The summed E-state index contributed by atoms with van der Waals surface area (Å²) < 4.78 is 1.64. The van der Waals surface area contributed by atoms with Crippen molar-refractivity contribution in [3.63, 3.8) is 0 Å². The van der Waals surface area contributed by atoms with E-state index < -0.39 is 0 Å². The molecular formula is C18H24ClN3O2S. The van der Waals surface area contributed by atoms with Gasteiger partial charge in [-0.3, -0.25) is 14.2 Å². The minimum atomic E-state index is -0.370. The minimum absolute atomic E-state index is 0.0824. The molecule has 136 valence electrons. The van der Waals surface area contributed by atoms with E-state index in [1.165, 1.54) is 11.8 Å². The number of carbonyl (C=O) groups is 1. The maximum atomic E-state index is 12.8. The van der Waals surface area contributed by atoms with Gasteiger partial charge in [-0.1, -0.05) is 30.3 Å². The first-order valence-electron chi connectivity index (χ1n) is 8.31. The van der Waals surface area contributed by atoms with Crippen LogP contribution in [0, 0.1) is 0 Å². The molecule has 7 heteroatoms. The molecule has 0 aliphatic heterocycles. The van der Waals surface area contributed by atoms with Crippen molar-refractivity contribution in [3.8, 4) is 0 Å². The lowest BCUT2D eigenvalue weighted by atomic mass is 10.1. The zero-order valence-electron chi connectivity index (χ0n) is 15.2. The fourth-order valence-corrected chi connectivity index (χ4v) is 3.47. The van der Waals surface area contributed by atoms with Crippen molar-refractivity contribution < 1.29 is 4.79 Å². The molecule has 0 spiro atoms. The quantitative estimate of drug-likeness (QED) is 0.631. The fraction of sp³-hybridized carbons (Fsp3) is 0.500. The van der Waals surface area contributed by atoms with E-state index in [1.807, 2.05) is 34.6 Å². The van der Waals surface area contributed by atoms with Crippen LogP contribution in [0.2, 0.25) is 5.02 Å². The second-order valence-electron chi connectivity index (χ2n) is 7.01. The van der Waals surface area contributed by atoms with E-state index in [2.05, 4.69) is 10.3 Å². The average Bonchev–Trinajstić information content (AvgIpc) is 2.49. The number of aromatic nitrogens is 2. The van der Waals surface area contributed by atoms with E-state index in [0.717, 1.165) is 6.42 Å². The van der Waals surface area contributed by atoms with Crippen molar-refractivity contribution in [1.82, 2.24) is 14.9 Å². The molecule has 0 radical (unpaired) electrons. The van der Waals surface area contributed by atoms with Gasteiger partial charge in [0.25, 0.3) is 5.56 Å². The number of thioether (sulfide) groups is 1. The number of carbonyl (C=O) groups excluding carboxylic acids is 1. The molecule has 5 nitrogen and oxygen atoms in total. The van der Waals surface area contributed by atoms with E-state index in [1.54, 1.807) is 22.8 Å². The summed E-state index contributed by atoms with van der Waals surface area (Å²) in [7, 11) is 0. The lowest BCUT2D eigenvalue weighted by Gasteiger charge is -2.23. The molecule has 0 aliphatic rings. The van der Waals surface area contributed by atoms with Crippen LogP contribution in [0.5, 0.6) is 0 Å². The number of amides is 1. The number of rotatable bonds is 5. The third kappa shape index (κ3) is 4.98. The number of fused-ring (bicyclic) bond motifs is 1. The Morgan fingerprint density at radius 1 is 1.40 bits per heavy atom. The molecule has 0 unspecified atom stereocenters. The van der Waals surface area contributed by atoms with Crippen LogP contribution in [0.15, 0.2) is 28.2 Å². The zero-order valence-corrected chi connectivity index (χ0v) is 16.8.